The second-order valence-corrected chi connectivity index (χ2v) is 10.5. The van der Waals surface area contributed by atoms with E-state index in [0.29, 0.717) is 12.8 Å². The van der Waals surface area contributed by atoms with Crippen LogP contribution < -0.4 is 0 Å². The van der Waals surface area contributed by atoms with Crippen LogP contribution in [0.25, 0.3) is 0 Å². The van der Waals surface area contributed by atoms with Crippen molar-refractivity contribution in [3.63, 3.8) is 0 Å². The summed E-state index contributed by atoms with van der Waals surface area (Å²) in [6.45, 7) is 11.5. The molecule has 0 fully saturated rings. The predicted octanol–water partition coefficient (Wildman–Crippen LogP) is 5.54. The molecule has 2 atom stereocenters. The summed E-state index contributed by atoms with van der Waals surface area (Å²) >= 11 is 0. The zero-order valence-electron chi connectivity index (χ0n) is 12.5. The van der Waals surface area contributed by atoms with Crippen molar-refractivity contribution in [3.8, 4) is 0 Å². The second kappa shape index (κ2) is 8.10. The van der Waals surface area contributed by atoms with Crippen molar-refractivity contribution in [1.82, 2.24) is 0 Å². The molecule has 0 heterocycles. The molecule has 0 N–H and O–H groups in total. The maximum Gasteiger partial charge on any atom is 0.391 e. The Morgan fingerprint density at radius 3 is 2.21 bits per heavy atom. The minimum absolute atomic E-state index is 0.0553. The van der Waals surface area contributed by atoms with Gasteiger partial charge in [-0.2, -0.15) is 13.2 Å². The Kier molecular flexibility index (Phi) is 7.97. The lowest BCUT2D eigenvalue weighted by Crippen LogP contribution is -2.35. The van der Waals surface area contributed by atoms with Crippen LogP contribution >= 0.6 is 0 Å². The molecule has 0 spiro atoms. The number of hydrogen-bond acceptors (Lipinski definition) is 1. The summed E-state index contributed by atoms with van der Waals surface area (Å²) in [5, 5.41) is 0. The molecule has 2 unspecified atom stereocenters. The van der Waals surface area contributed by atoms with Gasteiger partial charge in [0.1, 0.15) is 0 Å². The normalized spacial score (nSPS) is 16.2. The van der Waals surface area contributed by atoms with Gasteiger partial charge in [-0.3, -0.25) is 0 Å². The van der Waals surface area contributed by atoms with Crippen LogP contribution in [-0.4, -0.2) is 20.6 Å². The Labute approximate surface area is 116 Å². The van der Waals surface area contributed by atoms with Crippen molar-refractivity contribution < 1.29 is 17.6 Å². The minimum atomic E-state index is -4.13. The molecule has 5 heteroatoms. The molecule has 0 aliphatic rings. The van der Waals surface area contributed by atoms with Gasteiger partial charge in [-0.15, -0.1) is 6.58 Å². The van der Waals surface area contributed by atoms with Crippen LogP contribution in [0.15, 0.2) is 12.7 Å². The van der Waals surface area contributed by atoms with Crippen molar-refractivity contribution in [2.45, 2.75) is 70.9 Å². The molecule has 19 heavy (non-hydrogen) atoms. The summed E-state index contributed by atoms with van der Waals surface area (Å²) in [5.74, 6) is -1.26. The second-order valence-electron chi connectivity index (χ2n) is 5.99. The van der Waals surface area contributed by atoms with Gasteiger partial charge in [0, 0.05) is 6.10 Å². The van der Waals surface area contributed by atoms with Gasteiger partial charge in [-0.25, -0.2) is 0 Å². The van der Waals surface area contributed by atoms with Crippen molar-refractivity contribution in [2.75, 3.05) is 0 Å². The Balaban J connectivity index is 4.68. The van der Waals surface area contributed by atoms with Crippen LogP contribution in [0, 0.1) is 5.92 Å². The maximum atomic E-state index is 13.0. The lowest BCUT2D eigenvalue weighted by Gasteiger charge is -2.30. The average molecular weight is 296 g/mol. The molecular weight excluding hydrogens is 269 g/mol. The van der Waals surface area contributed by atoms with Crippen LogP contribution in [-0.2, 0) is 4.43 Å². The number of rotatable bonds is 9. The summed E-state index contributed by atoms with van der Waals surface area (Å²) in [6, 6.07) is 0. The van der Waals surface area contributed by atoms with Gasteiger partial charge in [0.25, 0.3) is 0 Å². The highest BCUT2D eigenvalue weighted by molar-refractivity contribution is 6.69. The third-order valence-electron chi connectivity index (χ3n) is 2.87. The van der Waals surface area contributed by atoms with Crippen LogP contribution in [0.2, 0.25) is 19.6 Å². The summed E-state index contributed by atoms with van der Waals surface area (Å²) in [5.41, 5.74) is 0. The molecule has 0 rings (SSSR count). The molecule has 0 aromatic heterocycles. The van der Waals surface area contributed by atoms with Gasteiger partial charge in [-0.1, -0.05) is 25.8 Å². The van der Waals surface area contributed by atoms with Crippen molar-refractivity contribution >= 4 is 8.32 Å². The summed E-state index contributed by atoms with van der Waals surface area (Å²) in [4.78, 5) is 0. The smallest absolute Gasteiger partial charge is 0.391 e. The van der Waals surface area contributed by atoms with Crippen LogP contribution in [0.3, 0.4) is 0 Å². The summed E-state index contributed by atoms with van der Waals surface area (Å²) in [6.07, 6.45) is -0.695. The summed E-state index contributed by atoms with van der Waals surface area (Å²) in [7, 11) is -1.83. The van der Waals surface area contributed by atoms with E-state index in [4.69, 9.17) is 4.43 Å². The number of unbranched alkanes of at least 4 members (excludes halogenated alkanes) is 1. The molecule has 0 bridgehead atoms. The molecule has 1 nitrogen and oxygen atoms in total. The molecule has 0 aliphatic carbocycles. The van der Waals surface area contributed by atoms with E-state index < -0.39 is 20.4 Å². The largest absolute Gasteiger partial charge is 0.414 e. The van der Waals surface area contributed by atoms with Gasteiger partial charge in [0.15, 0.2) is 8.32 Å². The van der Waals surface area contributed by atoms with Gasteiger partial charge >= 0.3 is 6.18 Å². The Hall–Kier alpha value is -0.293. The van der Waals surface area contributed by atoms with E-state index in [1.54, 1.807) is 6.08 Å². The number of alkyl halides is 3. The highest BCUT2D eigenvalue weighted by Crippen LogP contribution is 2.35. The average Bonchev–Trinajstić information content (AvgIpc) is 2.20. The van der Waals surface area contributed by atoms with Crippen molar-refractivity contribution in [3.05, 3.63) is 12.7 Å². The van der Waals surface area contributed by atoms with Crippen LogP contribution in [0.5, 0.6) is 0 Å². The van der Waals surface area contributed by atoms with E-state index >= 15 is 0 Å². The highest BCUT2D eigenvalue weighted by atomic mass is 28.4. The first kappa shape index (κ1) is 18.7. The molecular formula is C14H27F3OSi. The monoisotopic (exact) mass is 296 g/mol. The van der Waals surface area contributed by atoms with E-state index in [9.17, 15) is 13.2 Å². The minimum Gasteiger partial charge on any atom is -0.414 e. The Bertz CT molecular complexity index is 258. The molecule has 0 radical (unpaired) electrons. The quantitative estimate of drug-likeness (QED) is 0.401. The fourth-order valence-electron chi connectivity index (χ4n) is 2.06. The van der Waals surface area contributed by atoms with Gasteiger partial charge in [0.2, 0.25) is 0 Å². The van der Waals surface area contributed by atoms with E-state index in [1.165, 1.54) is 0 Å². The molecule has 0 aromatic carbocycles. The molecule has 0 saturated carbocycles. The zero-order chi connectivity index (χ0) is 15.1. The molecule has 114 valence electrons. The Morgan fingerprint density at radius 2 is 1.84 bits per heavy atom. The van der Waals surface area contributed by atoms with Crippen LogP contribution in [0.1, 0.15) is 39.0 Å². The van der Waals surface area contributed by atoms with Crippen molar-refractivity contribution in [1.29, 1.82) is 0 Å². The fourth-order valence-corrected chi connectivity index (χ4v) is 3.25. The number of hydrogen-bond donors (Lipinski definition) is 0. The van der Waals surface area contributed by atoms with Gasteiger partial charge in [-0.05, 0) is 38.9 Å². The zero-order valence-corrected chi connectivity index (χ0v) is 13.5. The van der Waals surface area contributed by atoms with E-state index in [-0.39, 0.29) is 18.9 Å². The summed E-state index contributed by atoms with van der Waals surface area (Å²) < 4.78 is 44.9. The van der Waals surface area contributed by atoms with E-state index in [0.717, 1.165) is 6.42 Å². The third kappa shape index (κ3) is 9.27. The maximum absolute atomic E-state index is 13.0. The van der Waals surface area contributed by atoms with Crippen LogP contribution in [0.4, 0.5) is 13.2 Å². The van der Waals surface area contributed by atoms with E-state index in [1.807, 2.05) is 26.6 Å². The molecule has 0 aliphatic heterocycles. The number of halogens is 3. The van der Waals surface area contributed by atoms with Crippen molar-refractivity contribution in [2.24, 2.45) is 5.92 Å². The highest BCUT2D eigenvalue weighted by Gasteiger charge is 2.40. The first-order chi connectivity index (χ1) is 8.60. The van der Waals surface area contributed by atoms with E-state index in [2.05, 4.69) is 6.58 Å². The lowest BCUT2D eigenvalue weighted by atomic mass is 9.94. The lowest BCUT2D eigenvalue weighted by molar-refractivity contribution is -0.183. The topological polar surface area (TPSA) is 9.23 Å². The Morgan fingerprint density at radius 1 is 1.26 bits per heavy atom. The predicted molar refractivity (Wildman–Crippen MR) is 76.7 cm³/mol. The third-order valence-corrected chi connectivity index (χ3v) is 3.91. The van der Waals surface area contributed by atoms with Gasteiger partial charge < -0.3 is 4.43 Å². The standard InChI is InChI=1S/C14H27F3OSi/c1-6-8-10-12(14(15,16)17)11-13(9-7-2)18-19(3,4)5/h7,12-13H,2,6,8-11H2,1,3-5H3. The van der Waals surface area contributed by atoms with Gasteiger partial charge in [0.05, 0.1) is 5.92 Å². The molecule has 0 aromatic rings. The molecule has 0 saturated heterocycles. The first-order valence-corrected chi connectivity index (χ1v) is 10.4. The fraction of sp³-hybridized carbons (Fsp3) is 0.857. The first-order valence-electron chi connectivity index (χ1n) is 6.95. The molecule has 0 amide bonds. The SMILES string of the molecule is C=CCC(CC(CCCC)C(F)(F)F)O[Si](C)(C)C.